The van der Waals surface area contributed by atoms with Crippen LogP contribution in [0.4, 0.5) is 0 Å². The van der Waals surface area contributed by atoms with E-state index in [4.69, 9.17) is 9.47 Å². The Morgan fingerprint density at radius 2 is 1.81 bits per heavy atom. The maximum atomic E-state index is 12.7. The number of aromatic amines is 1. The number of carbonyl (C=O) groups is 3. The van der Waals surface area contributed by atoms with Gasteiger partial charge in [-0.1, -0.05) is 12.1 Å². The SMILES string of the molecule is CCOC(=O)c1c(C)[nH]c(C(=O)C(C)OC(=O)c2cccc(C)c2O)c1C. The van der Waals surface area contributed by atoms with E-state index in [1.807, 2.05) is 0 Å². The number of nitrogens with one attached hydrogen (secondary N) is 1. The maximum absolute atomic E-state index is 12.7. The summed E-state index contributed by atoms with van der Waals surface area (Å²) in [6.45, 7) is 8.31. The highest BCUT2D eigenvalue weighted by Gasteiger charge is 2.28. The molecule has 0 amide bonds. The minimum absolute atomic E-state index is 0.0127. The van der Waals surface area contributed by atoms with E-state index >= 15 is 0 Å². The molecule has 27 heavy (non-hydrogen) atoms. The number of aromatic nitrogens is 1. The van der Waals surface area contributed by atoms with Crippen molar-refractivity contribution in [1.82, 2.24) is 4.98 Å². The van der Waals surface area contributed by atoms with Crippen LogP contribution in [-0.4, -0.2) is 40.5 Å². The van der Waals surface area contributed by atoms with Crippen LogP contribution in [0.15, 0.2) is 18.2 Å². The molecule has 7 heteroatoms. The number of hydrogen-bond acceptors (Lipinski definition) is 6. The summed E-state index contributed by atoms with van der Waals surface area (Å²) in [5, 5.41) is 9.99. The molecule has 2 rings (SSSR count). The van der Waals surface area contributed by atoms with Crippen LogP contribution in [0.2, 0.25) is 0 Å². The monoisotopic (exact) mass is 373 g/mol. The number of aryl methyl sites for hydroxylation is 2. The van der Waals surface area contributed by atoms with Crippen molar-refractivity contribution in [2.75, 3.05) is 6.61 Å². The highest BCUT2D eigenvalue weighted by atomic mass is 16.5. The summed E-state index contributed by atoms with van der Waals surface area (Å²) in [4.78, 5) is 39.9. The summed E-state index contributed by atoms with van der Waals surface area (Å²) < 4.78 is 10.2. The van der Waals surface area contributed by atoms with Crippen LogP contribution < -0.4 is 0 Å². The molecule has 1 heterocycles. The van der Waals surface area contributed by atoms with Crippen molar-refractivity contribution in [1.29, 1.82) is 0 Å². The number of rotatable bonds is 6. The fraction of sp³-hybridized carbons (Fsp3) is 0.350. The summed E-state index contributed by atoms with van der Waals surface area (Å²) >= 11 is 0. The van der Waals surface area contributed by atoms with E-state index in [-0.39, 0.29) is 23.6 Å². The number of aromatic hydroxyl groups is 1. The Hall–Kier alpha value is -3.09. The van der Waals surface area contributed by atoms with Gasteiger partial charge in [-0.3, -0.25) is 4.79 Å². The zero-order valence-corrected chi connectivity index (χ0v) is 16.0. The van der Waals surface area contributed by atoms with Gasteiger partial charge in [-0.2, -0.15) is 0 Å². The molecule has 0 aliphatic heterocycles. The van der Waals surface area contributed by atoms with E-state index in [2.05, 4.69) is 4.98 Å². The van der Waals surface area contributed by atoms with Gasteiger partial charge in [-0.25, -0.2) is 9.59 Å². The van der Waals surface area contributed by atoms with Crippen LogP contribution in [0.1, 0.15) is 61.9 Å². The van der Waals surface area contributed by atoms with Gasteiger partial charge in [0, 0.05) is 5.69 Å². The van der Waals surface area contributed by atoms with E-state index in [0.717, 1.165) is 0 Å². The first-order chi connectivity index (χ1) is 12.7. The molecular formula is C20H23NO6. The fourth-order valence-corrected chi connectivity index (χ4v) is 2.81. The molecule has 2 aromatic rings. The quantitative estimate of drug-likeness (QED) is 0.595. The van der Waals surface area contributed by atoms with Crippen molar-refractivity contribution in [3.05, 3.63) is 51.8 Å². The molecule has 0 saturated heterocycles. The third kappa shape index (κ3) is 4.02. The molecule has 0 aliphatic carbocycles. The summed E-state index contributed by atoms with van der Waals surface area (Å²) in [7, 11) is 0. The van der Waals surface area contributed by atoms with E-state index in [1.165, 1.54) is 13.0 Å². The number of phenols is 1. The second-order valence-electron chi connectivity index (χ2n) is 6.23. The molecule has 0 bridgehead atoms. The third-order valence-corrected chi connectivity index (χ3v) is 4.27. The Bertz CT molecular complexity index is 896. The lowest BCUT2D eigenvalue weighted by Gasteiger charge is -2.13. The number of esters is 2. The summed E-state index contributed by atoms with van der Waals surface area (Å²) in [5.74, 6) is -1.98. The standard InChI is InChI=1S/C20H23NO6/c1-6-26-20(25)15-11(3)16(21-12(15)4)18(23)13(5)27-19(24)14-9-7-8-10(2)17(14)22/h7-9,13,21-22H,6H2,1-5H3. The predicted molar refractivity (Wildman–Crippen MR) is 98.3 cm³/mol. The number of phenolic OH excluding ortho intramolecular Hbond substituents is 1. The largest absolute Gasteiger partial charge is 0.507 e. The maximum Gasteiger partial charge on any atom is 0.342 e. The highest BCUT2D eigenvalue weighted by Crippen LogP contribution is 2.24. The Morgan fingerprint density at radius 1 is 1.15 bits per heavy atom. The van der Waals surface area contributed by atoms with E-state index in [9.17, 15) is 19.5 Å². The van der Waals surface area contributed by atoms with Crippen molar-refractivity contribution in [2.24, 2.45) is 0 Å². The van der Waals surface area contributed by atoms with Crippen molar-refractivity contribution >= 4 is 17.7 Å². The van der Waals surface area contributed by atoms with Crippen LogP contribution in [0.5, 0.6) is 5.75 Å². The Morgan fingerprint density at radius 3 is 2.44 bits per heavy atom. The Kier molecular flexibility index (Phi) is 6.05. The number of ether oxygens (including phenoxy) is 2. The van der Waals surface area contributed by atoms with Gasteiger partial charge in [0.1, 0.15) is 11.3 Å². The second kappa shape index (κ2) is 8.07. The molecule has 1 unspecified atom stereocenters. The molecule has 1 aromatic carbocycles. The first-order valence-electron chi connectivity index (χ1n) is 8.59. The van der Waals surface area contributed by atoms with Crippen molar-refractivity contribution in [3.8, 4) is 5.75 Å². The minimum atomic E-state index is -1.11. The number of hydrogen-bond donors (Lipinski definition) is 2. The number of carbonyl (C=O) groups excluding carboxylic acids is 3. The average molecular weight is 373 g/mol. The van der Waals surface area contributed by atoms with Crippen molar-refractivity contribution in [2.45, 2.75) is 40.7 Å². The van der Waals surface area contributed by atoms with Crippen LogP contribution in [0.25, 0.3) is 0 Å². The van der Waals surface area contributed by atoms with E-state index in [1.54, 1.807) is 39.8 Å². The van der Waals surface area contributed by atoms with Gasteiger partial charge in [0.05, 0.1) is 17.9 Å². The average Bonchev–Trinajstić information content (AvgIpc) is 2.91. The summed E-state index contributed by atoms with van der Waals surface area (Å²) in [5.41, 5.74) is 1.94. The molecule has 7 nitrogen and oxygen atoms in total. The highest BCUT2D eigenvalue weighted by molar-refractivity contribution is 6.04. The van der Waals surface area contributed by atoms with Crippen LogP contribution >= 0.6 is 0 Å². The van der Waals surface area contributed by atoms with Crippen LogP contribution in [0.3, 0.4) is 0 Å². The van der Waals surface area contributed by atoms with Gasteiger partial charge in [0.2, 0.25) is 5.78 Å². The van der Waals surface area contributed by atoms with E-state index in [0.29, 0.717) is 22.4 Å². The molecule has 2 N–H and O–H groups in total. The van der Waals surface area contributed by atoms with Gasteiger partial charge in [-0.05, 0) is 51.8 Å². The third-order valence-electron chi connectivity index (χ3n) is 4.27. The van der Waals surface area contributed by atoms with Gasteiger partial charge in [0.15, 0.2) is 6.10 Å². The molecular weight excluding hydrogens is 350 g/mol. The lowest BCUT2D eigenvalue weighted by molar-refractivity contribution is 0.0313. The Labute approximate surface area is 157 Å². The van der Waals surface area contributed by atoms with Crippen LogP contribution in [0, 0.1) is 20.8 Å². The predicted octanol–water partition coefficient (Wildman–Crippen LogP) is 3.25. The van der Waals surface area contributed by atoms with Gasteiger partial charge >= 0.3 is 11.9 Å². The molecule has 0 fully saturated rings. The first-order valence-corrected chi connectivity index (χ1v) is 8.59. The summed E-state index contributed by atoms with van der Waals surface area (Å²) in [6, 6.07) is 4.69. The lowest BCUT2D eigenvalue weighted by Crippen LogP contribution is -2.25. The van der Waals surface area contributed by atoms with Gasteiger partial charge in [-0.15, -0.1) is 0 Å². The fourth-order valence-electron chi connectivity index (χ4n) is 2.81. The molecule has 144 valence electrons. The lowest BCUT2D eigenvalue weighted by atomic mass is 10.1. The molecule has 0 saturated carbocycles. The molecule has 1 aromatic heterocycles. The topological polar surface area (TPSA) is 106 Å². The zero-order valence-electron chi connectivity index (χ0n) is 16.0. The minimum Gasteiger partial charge on any atom is -0.507 e. The van der Waals surface area contributed by atoms with Crippen molar-refractivity contribution in [3.63, 3.8) is 0 Å². The number of Topliss-reactive ketones (excluding diaryl/α,β-unsaturated/α-hetero) is 1. The second-order valence-corrected chi connectivity index (χ2v) is 6.23. The van der Waals surface area contributed by atoms with Crippen LogP contribution in [-0.2, 0) is 9.47 Å². The molecule has 0 radical (unpaired) electrons. The number of ketones is 1. The van der Waals surface area contributed by atoms with Crippen molar-refractivity contribution < 1.29 is 29.0 Å². The zero-order chi connectivity index (χ0) is 20.3. The molecule has 1 atom stereocenters. The summed E-state index contributed by atoms with van der Waals surface area (Å²) in [6.07, 6.45) is -1.11. The van der Waals surface area contributed by atoms with Gasteiger partial charge < -0.3 is 19.6 Å². The Balaban J connectivity index is 2.23. The molecule has 0 aliphatic rings. The number of H-pyrrole nitrogens is 1. The normalized spacial score (nSPS) is 11.7. The number of benzene rings is 1. The smallest absolute Gasteiger partial charge is 0.342 e. The number of para-hydroxylation sites is 1. The molecule has 0 spiro atoms. The van der Waals surface area contributed by atoms with Gasteiger partial charge in [0.25, 0.3) is 0 Å². The van der Waals surface area contributed by atoms with E-state index < -0.39 is 23.8 Å². The first kappa shape index (κ1) is 20.2.